The Morgan fingerprint density at radius 1 is 1.11 bits per heavy atom. The topological polar surface area (TPSA) is 37.0 Å². The normalized spacial score (nSPS) is 10.3. The van der Waals surface area contributed by atoms with E-state index in [1.54, 1.807) is 0 Å². The van der Waals surface area contributed by atoms with Gasteiger partial charge in [0.15, 0.2) is 0 Å². The van der Waals surface area contributed by atoms with Gasteiger partial charge < -0.3 is 10.6 Å². The summed E-state index contributed by atoms with van der Waals surface area (Å²) in [6, 6.07) is 10.1. The fourth-order valence-electron chi connectivity index (χ4n) is 2.02. The summed E-state index contributed by atoms with van der Waals surface area (Å²) in [5, 5.41) is 6.61. The van der Waals surface area contributed by atoms with Gasteiger partial charge in [-0.3, -0.25) is 0 Å². The van der Waals surface area contributed by atoms with Crippen molar-refractivity contribution in [2.45, 2.75) is 20.8 Å². The molecule has 0 atom stereocenters. The van der Waals surface area contributed by atoms with Crippen molar-refractivity contribution in [2.24, 2.45) is 0 Å². The first kappa shape index (κ1) is 13.9. The third-order valence-corrected chi connectivity index (χ3v) is 3.32. The molecule has 1 aromatic carbocycles. The van der Waals surface area contributed by atoms with Crippen LogP contribution in [0.1, 0.15) is 18.1 Å². The molecule has 0 aliphatic heterocycles. The molecule has 0 fully saturated rings. The lowest BCUT2D eigenvalue weighted by Crippen LogP contribution is -2.02. The minimum atomic E-state index is 0.854. The molecule has 0 saturated heterocycles. The van der Waals surface area contributed by atoms with E-state index in [1.165, 1.54) is 11.1 Å². The number of nitrogens with one attached hydrogen (secondary N) is 2. The fraction of sp³-hybridized carbons (Fsp3) is 0.267. The maximum Gasteiger partial charge on any atom is 0.132 e. The van der Waals surface area contributed by atoms with Gasteiger partial charge >= 0.3 is 0 Å². The van der Waals surface area contributed by atoms with Gasteiger partial charge in [0, 0.05) is 16.7 Å². The standard InChI is InChI=1S/C15H18BrN3/c1-4-17-13-6-5-7-14(18-13)19-15-10(2)8-12(16)9-11(15)3/h5-9H,4H2,1-3H3,(H2,17,18,19). The lowest BCUT2D eigenvalue weighted by Gasteiger charge is -2.13. The Hall–Kier alpha value is -1.55. The minimum absolute atomic E-state index is 0.854. The van der Waals surface area contributed by atoms with Gasteiger partial charge in [-0.05, 0) is 56.2 Å². The smallest absolute Gasteiger partial charge is 0.132 e. The lowest BCUT2D eigenvalue weighted by molar-refractivity contribution is 1.16. The highest BCUT2D eigenvalue weighted by Gasteiger charge is 2.05. The van der Waals surface area contributed by atoms with Gasteiger partial charge in [-0.2, -0.15) is 0 Å². The molecule has 4 heteroatoms. The molecule has 1 aromatic heterocycles. The van der Waals surface area contributed by atoms with E-state index in [-0.39, 0.29) is 0 Å². The van der Waals surface area contributed by atoms with Crippen molar-refractivity contribution >= 4 is 33.3 Å². The Balaban J connectivity index is 2.28. The molecular weight excluding hydrogens is 302 g/mol. The molecule has 0 saturated carbocycles. The van der Waals surface area contributed by atoms with Crippen LogP contribution in [0.3, 0.4) is 0 Å². The molecule has 2 rings (SSSR count). The monoisotopic (exact) mass is 319 g/mol. The third-order valence-electron chi connectivity index (χ3n) is 2.86. The number of anilines is 3. The van der Waals surface area contributed by atoms with Crippen LogP contribution in [-0.2, 0) is 0 Å². The van der Waals surface area contributed by atoms with E-state index >= 15 is 0 Å². The van der Waals surface area contributed by atoms with Gasteiger partial charge in [-0.25, -0.2) is 4.98 Å². The van der Waals surface area contributed by atoms with Crippen LogP contribution in [0, 0.1) is 13.8 Å². The molecule has 0 bridgehead atoms. The molecule has 0 spiro atoms. The number of rotatable bonds is 4. The summed E-state index contributed by atoms with van der Waals surface area (Å²) in [7, 11) is 0. The number of aryl methyl sites for hydroxylation is 2. The highest BCUT2D eigenvalue weighted by Crippen LogP contribution is 2.27. The first-order valence-corrected chi connectivity index (χ1v) is 7.14. The summed E-state index contributed by atoms with van der Waals surface area (Å²) < 4.78 is 1.10. The van der Waals surface area contributed by atoms with E-state index in [4.69, 9.17) is 0 Å². The van der Waals surface area contributed by atoms with E-state index < -0.39 is 0 Å². The number of nitrogens with zero attached hydrogens (tertiary/aromatic N) is 1. The van der Waals surface area contributed by atoms with Crippen LogP contribution in [0.25, 0.3) is 0 Å². The average Bonchev–Trinajstić information content (AvgIpc) is 2.35. The molecule has 0 amide bonds. The van der Waals surface area contributed by atoms with Crippen molar-refractivity contribution in [3.8, 4) is 0 Å². The van der Waals surface area contributed by atoms with Gasteiger partial charge in [0.25, 0.3) is 0 Å². The van der Waals surface area contributed by atoms with Crippen molar-refractivity contribution < 1.29 is 0 Å². The summed E-state index contributed by atoms with van der Waals surface area (Å²) in [5.74, 6) is 1.74. The van der Waals surface area contributed by atoms with E-state index in [2.05, 4.69) is 64.5 Å². The second kappa shape index (κ2) is 6.06. The van der Waals surface area contributed by atoms with Crippen LogP contribution < -0.4 is 10.6 Å². The molecule has 2 aromatic rings. The van der Waals surface area contributed by atoms with E-state index in [0.29, 0.717) is 0 Å². The van der Waals surface area contributed by atoms with Gasteiger partial charge in [0.2, 0.25) is 0 Å². The minimum Gasteiger partial charge on any atom is -0.370 e. The molecule has 0 aliphatic carbocycles. The third kappa shape index (κ3) is 3.47. The van der Waals surface area contributed by atoms with E-state index in [0.717, 1.165) is 28.3 Å². The van der Waals surface area contributed by atoms with Gasteiger partial charge in [0.1, 0.15) is 11.6 Å². The molecule has 2 N–H and O–H groups in total. The van der Waals surface area contributed by atoms with Crippen LogP contribution in [0.5, 0.6) is 0 Å². The number of benzene rings is 1. The largest absolute Gasteiger partial charge is 0.370 e. The first-order chi connectivity index (χ1) is 9.10. The molecule has 0 unspecified atom stereocenters. The molecular formula is C15H18BrN3. The Morgan fingerprint density at radius 2 is 1.74 bits per heavy atom. The maximum absolute atomic E-state index is 4.53. The summed E-state index contributed by atoms with van der Waals surface area (Å²) in [6.45, 7) is 7.11. The highest BCUT2D eigenvalue weighted by molar-refractivity contribution is 9.10. The van der Waals surface area contributed by atoms with Crippen LogP contribution >= 0.6 is 15.9 Å². The predicted molar refractivity (Wildman–Crippen MR) is 85.3 cm³/mol. The Kier molecular flexibility index (Phi) is 4.43. The van der Waals surface area contributed by atoms with E-state index in [1.807, 2.05) is 18.2 Å². The van der Waals surface area contributed by atoms with Crippen molar-refractivity contribution in [2.75, 3.05) is 17.2 Å². The van der Waals surface area contributed by atoms with Crippen molar-refractivity contribution in [3.05, 3.63) is 45.9 Å². The summed E-state index contributed by atoms with van der Waals surface area (Å²) in [6.07, 6.45) is 0. The van der Waals surface area contributed by atoms with Crippen LogP contribution in [0.4, 0.5) is 17.3 Å². The lowest BCUT2D eigenvalue weighted by atomic mass is 10.1. The summed E-state index contributed by atoms with van der Waals surface area (Å²) in [4.78, 5) is 4.53. The molecule has 100 valence electrons. The second-order valence-electron chi connectivity index (χ2n) is 4.48. The molecule has 0 radical (unpaired) electrons. The summed E-state index contributed by atoms with van der Waals surface area (Å²) in [5.41, 5.74) is 3.51. The van der Waals surface area contributed by atoms with Gasteiger partial charge in [-0.15, -0.1) is 0 Å². The number of hydrogen-bond donors (Lipinski definition) is 2. The number of hydrogen-bond acceptors (Lipinski definition) is 3. The quantitative estimate of drug-likeness (QED) is 0.862. The van der Waals surface area contributed by atoms with E-state index in [9.17, 15) is 0 Å². The molecule has 3 nitrogen and oxygen atoms in total. The van der Waals surface area contributed by atoms with Crippen LogP contribution in [-0.4, -0.2) is 11.5 Å². The molecule has 1 heterocycles. The van der Waals surface area contributed by atoms with Crippen LogP contribution in [0.2, 0.25) is 0 Å². The Labute approximate surface area is 122 Å². The SMILES string of the molecule is CCNc1cccc(Nc2c(C)cc(Br)cc2C)n1. The van der Waals surface area contributed by atoms with Crippen molar-refractivity contribution in [1.29, 1.82) is 0 Å². The van der Waals surface area contributed by atoms with Gasteiger partial charge in [0.05, 0.1) is 0 Å². The predicted octanol–water partition coefficient (Wildman–Crippen LogP) is 4.64. The number of pyridine rings is 1. The Bertz CT molecular complexity index is 558. The van der Waals surface area contributed by atoms with Crippen LogP contribution in [0.15, 0.2) is 34.8 Å². The zero-order valence-corrected chi connectivity index (χ0v) is 13.0. The molecule has 0 aliphatic rings. The second-order valence-corrected chi connectivity index (χ2v) is 5.39. The first-order valence-electron chi connectivity index (χ1n) is 6.35. The fourth-order valence-corrected chi connectivity index (χ4v) is 2.71. The number of halogens is 1. The van der Waals surface area contributed by atoms with Crippen molar-refractivity contribution in [3.63, 3.8) is 0 Å². The van der Waals surface area contributed by atoms with Gasteiger partial charge in [-0.1, -0.05) is 22.0 Å². The summed E-state index contributed by atoms with van der Waals surface area (Å²) >= 11 is 3.51. The highest BCUT2D eigenvalue weighted by atomic mass is 79.9. The number of aromatic nitrogens is 1. The molecule has 19 heavy (non-hydrogen) atoms. The zero-order valence-electron chi connectivity index (χ0n) is 11.4. The van der Waals surface area contributed by atoms with Crippen molar-refractivity contribution in [1.82, 2.24) is 4.98 Å². The Morgan fingerprint density at radius 3 is 2.37 bits per heavy atom. The zero-order chi connectivity index (χ0) is 13.8. The average molecular weight is 320 g/mol. The maximum atomic E-state index is 4.53.